The minimum absolute atomic E-state index is 0.0678. The summed E-state index contributed by atoms with van der Waals surface area (Å²) in [5.74, 6) is -0.839. The van der Waals surface area contributed by atoms with Crippen LogP contribution in [-0.4, -0.2) is 41.8 Å². The number of amides is 1. The van der Waals surface area contributed by atoms with E-state index in [1.165, 1.54) is 12.1 Å². The third kappa shape index (κ3) is 4.84. The minimum atomic E-state index is -4.96. The molecule has 1 amide bonds. The van der Waals surface area contributed by atoms with Gasteiger partial charge in [0, 0.05) is 13.1 Å². The summed E-state index contributed by atoms with van der Waals surface area (Å²) in [5.41, 5.74) is 1.23. The highest BCUT2D eigenvalue weighted by Gasteiger charge is 2.42. The Hall–Kier alpha value is -2.90. The Bertz CT molecular complexity index is 806. The van der Waals surface area contributed by atoms with Crippen molar-refractivity contribution in [2.75, 3.05) is 19.8 Å². The van der Waals surface area contributed by atoms with Crippen molar-refractivity contribution in [3.8, 4) is 17.2 Å². The van der Waals surface area contributed by atoms with Crippen LogP contribution in [0.2, 0.25) is 0 Å². The molecule has 0 fully saturated rings. The zero-order chi connectivity index (χ0) is 19.4. The van der Waals surface area contributed by atoms with E-state index < -0.39 is 12.1 Å². The van der Waals surface area contributed by atoms with Crippen LogP contribution in [0.25, 0.3) is 0 Å². The van der Waals surface area contributed by atoms with E-state index in [1.807, 2.05) is 0 Å². The van der Waals surface area contributed by atoms with Crippen LogP contribution in [0.1, 0.15) is 11.1 Å². The molecule has 0 atom stereocenters. The lowest BCUT2D eigenvalue weighted by Gasteiger charge is -2.25. The monoisotopic (exact) mass is 381 g/mol. The highest BCUT2D eigenvalue weighted by molar-refractivity contribution is 5.81. The third-order valence-corrected chi connectivity index (χ3v) is 4.12. The molecule has 0 aromatic heterocycles. The van der Waals surface area contributed by atoms with Gasteiger partial charge in [-0.3, -0.25) is 4.79 Å². The molecule has 0 aliphatic carbocycles. The smallest absolute Gasteiger partial charge is 0.471 e. The second kappa shape index (κ2) is 7.77. The number of hydrogen-bond acceptors (Lipinski definition) is 4. The Morgan fingerprint density at radius 2 is 1.63 bits per heavy atom. The van der Waals surface area contributed by atoms with Crippen LogP contribution in [-0.2, 0) is 17.8 Å². The number of phenolic OH excluding ortho intramolecular Hbond substituents is 1. The molecule has 0 bridgehead atoms. The molecule has 0 spiro atoms. The first-order valence-electron chi connectivity index (χ1n) is 8.35. The molecule has 2 aromatic carbocycles. The van der Waals surface area contributed by atoms with E-state index in [9.17, 15) is 23.1 Å². The maximum atomic E-state index is 13.0. The number of nitrogens with zero attached hydrogens (tertiary/aromatic N) is 1. The number of fused-ring (bicyclic) bond motifs is 1. The zero-order valence-electron chi connectivity index (χ0n) is 14.3. The predicted octanol–water partition coefficient (Wildman–Crippen LogP) is 3.30. The Morgan fingerprint density at radius 3 is 2.30 bits per heavy atom. The van der Waals surface area contributed by atoms with Crippen molar-refractivity contribution in [2.24, 2.45) is 0 Å². The number of benzene rings is 2. The maximum Gasteiger partial charge on any atom is 0.471 e. The van der Waals surface area contributed by atoms with Gasteiger partial charge in [0.1, 0.15) is 19.0 Å². The number of phenols is 1. The molecule has 1 N–H and O–H groups in total. The molecule has 3 rings (SSSR count). The first kappa shape index (κ1) is 18.9. The molecule has 1 aliphatic rings. The van der Waals surface area contributed by atoms with Gasteiger partial charge in [-0.05, 0) is 41.8 Å². The summed E-state index contributed by atoms with van der Waals surface area (Å²) in [6.45, 7) is 0.463. The van der Waals surface area contributed by atoms with Gasteiger partial charge in [-0.15, -0.1) is 0 Å². The summed E-state index contributed by atoms with van der Waals surface area (Å²) in [7, 11) is 0. The summed E-state index contributed by atoms with van der Waals surface area (Å²) in [6.07, 6.45) is -4.73. The van der Waals surface area contributed by atoms with Gasteiger partial charge in [0.2, 0.25) is 0 Å². The molecule has 5 nitrogen and oxygen atoms in total. The van der Waals surface area contributed by atoms with Crippen LogP contribution in [0.5, 0.6) is 17.2 Å². The molecule has 1 heterocycles. The molecule has 144 valence electrons. The fourth-order valence-corrected chi connectivity index (χ4v) is 2.76. The zero-order valence-corrected chi connectivity index (χ0v) is 14.3. The second-order valence-corrected chi connectivity index (χ2v) is 6.12. The molecule has 0 unspecified atom stereocenters. The summed E-state index contributed by atoms with van der Waals surface area (Å²) < 4.78 is 49.8. The first-order valence-corrected chi connectivity index (χ1v) is 8.35. The molecule has 2 aromatic rings. The predicted molar refractivity (Wildman–Crippen MR) is 90.7 cm³/mol. The average molecular weight is 381 g/mol. The maximum absolute atomic E-state index is 13.0. The lowest BCUT2D eigenvalue weighted by Crippen LogP contribution is -2.41. The molecule has 8 heteroatoms. The third-order valence-electron chi connectivity index (χ3n) is 4.12. The molecular weight excluding hydrogens is 363 g/mol. The quantitative estimate of drug-likeness (QED) is 0.864. The van der Waals surface area contributed by atoms with Crippen LogP contribution in [0, 0.1) is 0 Å². The summed E-state index contributed by atoms with van der Waals surface area (Å²) in [4.78, 5) is 12.6. The van der Waals surface area contributed by atoms with Crippen LogP contribution in [0.15, 0.2) is 42.5 Å². The van der Waals surface area contributed by atoms with E-state index in [4.69, 9.17) is 9.47 Å². The Kier molecular flexibility index (Phi) is 5.43. The van der Waals surface area contributed by atoms with Crippen molar-refractivity contribution in [3.63, 3.8) is 0 Å². The highest BCUT2D eigenvalue weighted by atomic mass is 19.4. The average Bonchev–Trinajstić information content (AvgIpc) is 2.65. The molecule has 0 radical (unpaired) electrons. The number of ether oxygens (including phenoxy) is 2. The first-order chi connectivity index (χ1) is 12.8. The van der Waals surface area contributed by atoms with E-state index in [1.54, 1.807) is 30.3 Å². The van der Waals surface area contributed by atoms with Crippen molar-refractivity contribution in [1.29, 1.82) is 0 Å². The van der Waals surface area contributed by atoms with E-state index >= 15 is 0 Å². The standard InChI is InChI=1S/C19H18F3NO4/c20-19(21,22)18(25)23(8-7-13-1-4-15(24)5-2-13)12-14-3-6-16-17(11-14)27-10-9-26-16/h1-6,11,24H,7-10,12H2. The molecule has 27 heavy (non-hydrogen) atoms. The van der Waals surface area contributed by atoms with Crippen molar-refractivity contribution in [3.05, 3.63) is 53.6 Å². The SMILES string of the molecule is O=C(N(CCc1ccc(O)cc1)Cc1ccc2c(c1)OCCO2)C(F)(F)F. The van der Waals surface area contributed by atoms with Crippen molar-refractivity contribution in [1.82, 2.24) is 4.90 Å². The Labute approximate surface area is 153 Å². The number of carbonyl (C=O) groups is 1. The van der Waals surface area contributed by atoms with Gasteiger partial charge < -0.3 is 19.5 Å². The van der Waals surface area contributed by atoms with E-state index in [0.29, 0.717) is 30.3 Å². The van der Waals surface area contributed by atoms with Crippen molar-refractivity contribution >= 4 is 5.91 Å². The van der Waals surface area contributed by atoms with E-state index in [2.05, 4.69) is 0 Å². The highest BCUT2D eigenvalue weighted by Crippen LogP contribution is 2.31. The van der Waals surface area contributed by atoms with Gasteiger partial charge in [0.05, 0.1) is 0 Å². The van der Waals surface area contributed by atoms with E-state index in [-0.39, 0.29) is 25.3 Å². The summed E-state index contributed by atoms with van der Waals surface area (Å²) in [6, 6.07) is 10.9. The summed E-state index contributed by atoms with van der Waals surface area (Å²) in [5, 5.41) is 9.29. The van der Waals surface area contributed by atoms with Gasteiger partial charge in [0.15, 0.2) is 11.5 Å². The number of aromatic hydroxyl groups is 1. The van der Waals surface area contributed by atoms with Crippen LogP contribution in [0.4, 0.5) is 13.2 Å². The molecular formula is C19H18F3NO4. The van der Waals surface area contributed by atoms with Gasteiger partial charge in [0.25, 0.3) is 0 Å². The fraction of sp³-hybridized carbons (Fsp3) is 0.316. The van der Waals surface area contributed by atoms with Crippen LogP contribution < -0.4 is 9.47 Å². The largest absolute Gasteiger partial charge is 0.508 e. The van der Waals surface area contributed by atoms with E-state index in [0.717, 1.165) is 10.5 Å². The molecule has 0 saturated carbocycles. The van der Waals surface area contributed by atoms with Crippen LogP contribution in [0.3, 0.4) is 0 Å². The Balaban J connectivity index is 1.75. The number of carbonyl (C=O) groups excluding carboxylic acids is 1. The Morgan fingerprint density at radius 1 is 1.00 bits per heavy atom. The van der Waals surface area contributed by atoms with Gasteiger partial charge in [-0.2, -0.15) is 13.2 Å². The number of halogens is 3. The van der Waals surface area contributed by atoms with Crippen molar-refractivity contribution < 1.29 is 32.5 Å². The number of alkyl halides is 3. The minimum Gasteiger partial charge on any atom is -0.508 e. The normalized spacial score (nSPS) is 13.3. The molecule has 0 saturated heterocycles. The second-order valence-electron chi connectivity index (χ2n) is 6.12. The van der Waals surface area contributed by atoms with Crippen molar-refractivity contribution in [2.45, 2.75) is 19.1 Å². The topological polar surface area (TPSA) is 59.0 Å². The lowest BCUT2D eigenvalue weighted by atomic mass is 10.1. The number of hydrogen-bond donors (Lipinski definition) is 1. The lowest BCUT2D eigenvalue weighted by molar-refractivity contribution is -0.186. The van der Waals surface area contributed by atoms with Crippen LogP contribution >= 0.6 is 0 Å². The summed E-state index contributed by atoms with van der Waals surface area (Å²) >= 11 is 0. The fourth-order valence-electron chi connectivity index (χ4n) is 2.76. The van der Waals surface area contributed by atoms with Gasteiger partial charge >= 0.3 is 12.1 Å². The molecule has 1 aliphatic heterocycles. The number of rotatable bonds is 5. The van der Waals surface area contributed by atoms with Gasteiger partial charge in [-0.1, -0.05) is 18.2 Å². The van der Waals surface area contributed by atoms with Gasteiger partial charge in [-0.25, -0.2) is 0 Å².